The van der Waals surface area contributed by atoms with Crippen LogP contribution in [0.1, 0.15) is 6.92 Å². The Morgan fingerprint density at radius 1 is 1.89 bits per heavy atom. The zero-order valence-electron chi connectivity index (χ0n) is 4.90. The van der Waals surface area contributed by atoms with Crippen LogP contribution < -0.4 is 5.32 Å². The van der Waals surface area contributed by atoms with Gasteiger partial charge in [-0.05, 0) is 12.5 Å². The zero-order chi connectivity index (χ0) is 6.85. The van der Waals surface area contributed by atoms with Crippen LogP contribution in [-0.2, 0) is 4.79 Å². The van der Waals surface area contributed by atoms with Gasteiger partial charge in [-0.1, -0.05) is 5.11 Å². The Balaban J connectivity index is 2.58. The fourth-order valence-corrected chi connectivity index (χ4v) is 0.728. The maximum Gasteiger partial charge on any atom is 0.231 e. The molecule has 0 bridgehead atoms. The topological polar surface area (TPSA) is 77.9 Å². The van der Waals surface area contributed by atoms with Crippen molar-refractivity contribution in [2.75, 3.05) is 0 Å². The van der Waals surface area contributed by atoms with Crippen molar-refractivity contribution in [3.63, 3.8) is 0 Å². The summed E-state index contributed by atoms with van der Waals surface area (Å²) in [4.78, 5) is 13.0. The number of azide groups is 1. The number of amides is 1. The van der Waals surface area contributed by atoms with Gasteiger partial charge in [0.25, 0.3) is 0 Å². The Kier molecular flexibility index (Phi) is 1.28. The van der Waals surface area contributed by atoms with Crippen LogP contribution in [0.15, 0.2) is 5.11 Å². The maximum absolute atomic E-state index is 10.5. The number of rotatable bonds is 1. The highest BCUT2D eigenvalue weighted by molar-refractivity contribution is 5.89. The molecule has 9 heavy (non-hydrogen) atoms. The summed E-state index contributed by atoms with van der Waals surface area (Å²) in [5, 5.41) is 5.80. The molecular weight excluding hydrogens is 120 g/mol. The first-order valence-corrected chi connectivity index (χ1v) is 2.60. The van der Waals surface area contributed by atoms with E-state index in [1.54, 1.807) is 6.92 Å². The van der Waals surface area contributed by atoms with Crippen molar-refractivity contribution in [2.24, 2.45) is 5.11 Å². The minimum absolute atomic E-state index is 0.00778. The molecule has 2 atom stereocenters. The summed E-state index contributed by atoms with van der Waals surface area (Å²) in [5.41, 5.74) is 7.92. The molecule has 1 amide bonds. The van der Waals surface area contributed by atoms with E-state index in [0.29, 0.717) is 0 Å². The molecule has 0 aromatic rings. The smallest absolute Gasteiger partial charge is 0.231 e. The summed E-state index contributed by atoms with van der Waals surface area (Å²) in [6.07, 6.45) is 0. The second-order valence-corrected chi connectivity index (χ2v) is 1.95. The molecule has 5 heteroatoms. The second kappa shape index (κ2) is 1.95. The van der Waals surface area contributed by atoms with Crippen molar-refractivity contribution in [2.45, 2.75) is 19.0 Å². The molecule has 0 spiro atoms. The molecule has 1 aliphatic rings. The SMILES string of the molecule is C[C@H]1NC(=O)[C@H]1N=[N+]=[N-]. The highest BCUT2D eigenvalue weighted by Crippen LogP contribution is 2.08. The Bertz CT molecular complexity index is 181. The van der Waals surface area contributed by atoms with Crippen LogP contribution in [0.3, 0.4) is 0 Å². The third-order valence-electron chi connectivity index (χ3n) is 1.29. The van der Waals surface area contributed by atoms with E-state index in [1.165, 1.54) is 0 Å². The Labute approximate surface area is 51.7 Å². The molecule has 1 rings (SSSR count). The molecule has 1 N–H and O–H groups in total. The molecule has 0 aromatic heterocycles. The standard InChI is InChI=1S/C4H6N4O/c1-2-3(7-8-5)4(9)6-2/h2-3H,1H3,(H,6,9)/t2-,3+/m1/s1. The monoisotopic (exact) mass is 126 g/mol. The quantitative estimate of drug-likeness (QED) is 0.231. The van der Waals surface area contributed by atoms with Crippen LogP contribution in [0.2, 0.25) is 0 Å². The number of hydrogen-bond donors (Lipinski definition) is 1. The van der Waals surface area contributed by atoms with E-state index < -0.39 is 6.04 Å². The number of carbonyl (C=O) groups is 1. The van der Waals surface area contributed by atoms with Gasteiger partial charge in [-0.25, -0.2) is 0 Å². The number of carbonyl (C=O) groups excluding carboxylic acids is 1. The van der Waals surface area contributed by atoms with Gasteiger partial charge in [0.2, 0.25) is 5.91 Å². The lowest BCUT2D eigenvalue weighted by molar-refractivity contribution is -0.129. The van der Waals surface area contributed by atoms with Crippen LogP contribution >= 0.6 is 0 Å². The zero-order valence-corrected chi connectivity index (χ0v) is 4.90. The van der Waals surface area contributed by atoms with E-state index in [0.717, 1.165) is 0 Å². The summed E-state index contributed by atoms with van der Waals surface area (Å²) < 4.78 is 0. The van der Waals surface area contributed by atoms with Crippen LogP contribution in [-0.4, -0.2) is 18.0 Å². The summed E-state index contributed by atoms with van der Waals surface area (Å²) >= 11 is 0. The van der Waals surface area contributed by atoms with E-state index in [9.17, 15) is 4.79 Å². The van der Waals surface area contributed by atoms with E-state index in [4.69, 9.17) is 5.53 Å². The molecule has 48 valence electrons. The number of nitrogens with zero attached hydrogens (tertiary/aromatic N) is 3. The first-order chi connectivity index (χ1) is 4.25. The predicted octanol–water partition coefficient (Wildman–Crippen LogP) is 0.184. The lowest BCUT2D eigenvalue weighted by Crippen LogP contribution is -2.59. The van der Waals surface area contributed by atoms with Crippen LogP contribution in [0, 0.1) is 0 Å². The molecule has 0 aromatic carbocycles. The minimum Gasteiger partial charge on any atom is -0.352 e. The normalized spacial score (nSPS) is 31.9. The number of nitrogens with one attached hydrogen (secondary N) is 1. The van der Waals surface area contributed by atoms with E-state index >= 15 is 0 Å². The lowest BCUT2D eigenvalue weighted by atomic mass is 10.0. The molecule has 1 fully saturated rings. The van der Waals surface area contributed by atoms with Gasteiger partial charge in [0.05, 0.1) is 0 Å². The minimum atomic E-state index is -0.477. The van der Waals surface area contributed by atoms with Crippen molar-refractivity contribution < 1.29 is 4.79 Å². The molecule has 0 aliphatic carbocycles. The summed E-state index contributed by atoms with van der Waals surface area (Å²) in [5.74, 6) is -0.180. The van der Waals surface area contributed by atoms with Crippen molar-refractivity contribution in [3.8, 4) is 0 Å². The molecule has 0 saturated carbocycles. The van der Waals surface area contributed by atoms with Gasteiger partial charge in [-0.2, -0.15) is 0 Å². The summed E-state index contributed by atoms with van der Waals surface area (Å²) in [6.45, 7) is 1.79. The first kappa shape index (κ1) is 5.91. The first-order valence-electron chi connectivity index (χ1n) is 2.60. The van der Waals surface area contributed by atoms with Crippen LogP contribution in [0.25, 0.3) is 10.4 Å². The summed E-state index contributed by atoms with van der Waals surface area (Å²) in [6, 6.07) is -0.469. The largest absolute Gasteiger partial charge is 0.352 e. The van der Waals surface area contributed by atoms with Gasteiger partial charge in [-0.3, -0.25) is 4.79 Å². The van der Waals surface area contributed by atoms with Crippen LogP contribution in [0.4, 0.5) is 0 Å². The van der Waals surface area contributed by atoms with Gasteiger partial charge in [0, 0.05) is 11.0 Å². The molecule has 1 saturated heterocycles. The predicted molar refractivity (Wildman–Crippen MR) is 30.5 cm³/mol. The van der Waals surface area contributed by atoms with Crippen molar-refractivity contribution in [1.82, 2.24) is 5.32 Å². The fourth-order valence-electron chi connectivity index (χ4n) is 0.728. The molecule has 0 unspecified atom stereocenters. The van der Waals surface area contributed by atoms with Gasteiger partial charge >= 0.3 is 0 Å². The lowest BCUT2D eigenvalue weighted by Gasteiger charge is -2.29. The van der Waals surface area contributed by atoms with E-state index in [-0.39, 0.29) is 11.9 Å². The molecule has 0 radical (unpaired) electrons. The van der Waals surface area contributed by atoms with E-state index in [1.807, 2.05) is 0 Å². The third kappa shape index (κ3) is 0.816. The Hall–Kier alpha value is -1.22. The van der Waals surface area contributed by atoms with Gasteiger partial charge in [0.1, 0.15) is 6.04 Å². The third-order valence-corrected chi connectivity index (χ3v) is 1.29. The molecular formula is C4H6N4O. The van der Waals surface area contributed by atoms with Gasteiger partial charge in [-0.15, -0.1) is 0 Å². The van der Waals surface area contributed by atoms with Crippen LogP contribution in [0.5, 0.6) is 0 Å². The maximum atomic E-state index is 10.5. The summed E-state index contributed by atoms with van der Waals surface area (Å²) in [7, 11) is 0. The number of hydrogen-bond acceptors (Lipinski definition) is 2. The van der Waals surface area contributed by atoms with Crippen molar-refractivity contribution >= 4 is 5.91 Å². The highest BCUT2D eigenvalue weighted by atomic mass is 16.2. The van der Waals surface area contributed by atoms with E-state index in [2.05, 4.69) is 15.3 Å². The number of β-lactam (4-membered cyclic amide) rings is 1. The highest BCUT2D eigenvalue weighted by Gasteiger charge is 2.34. The van der Waals surface area contributed by atoms with Gasteiger partial charge < -0.3 is 5.32 Å². The fraction of sp³-hybridized carbons (Fsp3) is 0.750. The molecule has 1 heterocycles. The van der Waals surface area contributed by atoms with Crippen molar-refractivity contribution in [3.05, 3.63) is 10.4 Å². The Morgan fingerprint density at radius 3 is 2.78 bits per heavy atom. The van der Waals surface area contributed by atoms with Gasteiger partial charge in [0.15, 0.2) is 0 Å². The average molecular weight is 126 g/mol. The van der Waals surface area contributed by atoms with Crippen molar-refractivity contribution in [1.29, 1.82) is 0 Å². The molecule has 1 aliphatic heterocycles. The average Bonchev–Trinajstić information content (AvgIpc) is 1.84. The molecule has 5 nitrogen and oxygen atoms in total. The second-order valence-electron chi connectivity index (χ2n) is 1.95. The Morgan fingerprint density at radius 2 is 2.56 bits per heavy atom.